The Morgan fingerprint density at radius 3 is 2.52 bits per heavy atom. The molecule has 1 atom stereocenters. The van der Waals surface area contributed by atoms with Gasteiger partial charge in [0.25, 0.3) is 0 Å². The van der Waals surface area contributed by atoms with Crippen molar-refractivity contribution >= 4 is 12.4 Å². The first kappa shape index (κ1) is 19.8. The van der Waals surface area contributed by atoms with Gasteiger partial charge in [0, 0.05) is 6.04 Å². The Morgan fingerprint density at radius 1 is 1.04 bits per heavy atom. The Hall–Kier alpha value is -1.51. The summed E-state index contributed by atoms with van der Waals surface area (Å²) >= 11 is 0. The second-order valence-corrected chi connectivity index (χ2v) is 7.01. The summed E-state index contributed by atoms with van der Waals surface area (Å²) in [5, 5.41) is 0. The van der Waals surface area contributed by atoms with Gasteiger partial charge in [-0.3, -0.25) is 0 Å². The Bertz CT molecular complexity index is 641. The number of likely N-dealkylation sites (tertiary alicyclic amines) is 1. The van der Waals surface area contributed by atoms with E-state index in [0.29, 0.717) is 6.04 Å². The molecule has 1 fully saturated rings. The van der Waals surface area contributed by atoms with Crippen molar-refractivity contribution in [3.05, 3.63) is 65.2 Å². The summed E-state index contributed by atoms with van der Waals surface area (Å²) in [6.45, 7) is 4.18. The third-order valence-corrected chi connectivity index (χ3v) is 5.16. The zero-order valence-electron chi connectivity index (χ0n) is 15.4. The summed E-state index contributed by atoms with van der Waals surface area (Å²) in [7, 11) is 2.23. The summed E-state index contributed by atoms with van der Waals surface area (Å²) in [5.74, 6) is 1.06. The first-order chi connectivity index (χ1) is 11.7. The molecule has 2 aromatic rings. The maximum Gasteiger partial charge on any atom is 0.122 e. The van der Waals surface area contributed by atoms with Crippen molar-refractivity contribution in [1.82, 2.24) is 4.90 Å². The van der Waals surface area contributed by atoms with Gasteiger partial charge in [-0.15, -0.1) is 12.4 Å². The second kappa shape index (κ2) is 9.84. The van der Waals surface area contributed by atoms with Crippen molar-refractivity contribution < 1.29 is 4.74 Å². The summed E-state index contributed by atoms with van der Waals surface area (Å²) in [5.41, 5.74) is 4.03. The number of ether oxygens (including phenoxy) is 1. The molecule has 0 N–H and O–H groups in total. The van der Waals surface area contributed by atoms with Gasteiger partial charge in [-0.1, -0.05) is 48.0 Å². The monoisotopic (exact) mass is 359 g/mol. The highest BCUT2D eigenvalue weighted by Gasteiger charge is 2.20. The molecule has 1 saturated heterocycles. The fourth-order valence-corrected chi connectivity index (χ4v) is 3.53. The number of hydrogen-bond acceptors (Lipinski definition) is 2. The molecular weight excluding hydrogens is 330 g/mol. The largest absolute Gasteiger partial charge is 0.493 e. The Balaban J connectivity index is 0.00000225. The molecule has 2 nitrogen and oxygen atoms in total. The lowest BCUT2D eigenvalue weighted by Crippen LogP contribution is -2.26. The zero-order chi connectivity index (χ0) is 16.8. The molecule has 0 aliphatic carbocycles. The summed E-state index contributed by atoms with van der Waals surface area (Å²) < 4.78 is 6.13. The first-order valence-corrected chi connectivity index (χ1v) is 9.19. The minimum Gasteiger partial charge on any atom is -0.493 e. The van der Waals surface area contributed by atoms with Crippen LogP contribution in [0, 0.1) is 6.92 Å². The average Bonchev–Trinajstić information content (AvgIpc) is 3.00. The highest BCUT2D eigenvalue weighted by molar-refractivity contribution is 5.85. The van der Waals surface area contributed by atoms with Crippen LogP contribution in [0.5, 0.6) is 5.75 Å². The molecule has 0 bridgehead atoms. The molecule has 2 aromatic carbocycles. The smallest absolute Gasteiger partial charge is 0.122 e. The topological polar surface area (TPSA) is 12.5 Å². The maximum absolute atomic E-state index is 6.13. The van der Waals surface area contributed by atoms with Gasteiger partial charge in [-0.25, -0.2) is 0 Å². The number of nitrogens with zero attached hydrogens (tertiary/aromatic N) is 1. The number of benzene rings is 2. The maximum atomic E-state index is 6.13. The molecule has 0 spiro atoms. The Morgan fingerprint density at radius 2 is 1.80 bits per heavy atom. The zero-order valence-corrected chi connectivity index (χ0v) is 16.2. The van der Waals surface area contributed by atoms with E-state index in [-0.39, 0.29) is 12.4 Å². The average molecular weight is 360 g/mol. The van der Waals surface area contributed by atoms with Crippen molar-refractivity contribution in [3.8, 4) is 5.75 Å². The van der Waals surface area contributed by atoms with Gasteiger partial charge in [0.2, 0.25) is 0 Å². The van der Waals surface area contributed by atoms with Crippen LogP contribution in [0.25, 0.3) is 0 Å². The fourth-order valence-electron chi connectivity index (χ4n) is 3.53. The minimum absolute atomic E-state index is 0. The number of para-hydroxylation sites is 1. The van der Waals surface area contributed by atoms with Gasteiger partial charge in [0.15, 0.2) is 0 Å². The number of halogens is 1. The molecule has 1 aliphatic rings. The summed E-state index contributed by atoms with van der Waals surface area (Å²) in [4.78, 5) is 2.46. The summed E-state index contributed by atoms with van der Waals surface area (Å²) in [6.07, 6.45) is 5.86. The van der Waals surface area contributed by atoms with Crippen molar-refractivity contribution in [2.24, 2.45) is 0 Å². The predicted octanol–water partition coefficient (Wildman–Crippen LogP) is 5.07. The van der Waals surface area contributed by atoms with Gasteiger partial charge in [-0.2, -0.15) is 0 Å². The van der Waals surface area contributed by atoms with E-state index in [1.54, 1.807) is 0 Å². The van der Waals surface area contributed by atoms with Crippen molar-refractivity contribution in [3.63, 3.8) is 0 Å². The van der Waals surface area contributed by atoms with Crippen molar-refractivity contribution in [2.45, 2.75) is 45.1 Å². The number of rotatable bonds is 7. The van der Waals surface area contributed by atoms with Crippen LogP contribution >= 0.6 is 12.4 Å². The standard InChI is InChI=1S/C22H29NO.ClH/c1-18-9-11-19(12-10-18)13-14-20-6-3-4-8-22(20)24-17-15-21-7-5-16-23(21)2;/h3-4,6,8-12,21H,5,7,13-17H2,1-2H3;1H. The molecule has 1 heterocycles. The molecule has 0 radical (unpaired) electrons. The van der Waals surface area contributed by atoms with Crippen LogP contribution in [-0.4, -0.2) is 31.1 Å². The van der Waals surface area contributed by atoms with Gasteiger partial charge in [0.05, 0.1) is 6.61 Å². The van der Waals surface area contributed by atoms with Crippen molar-refractivity contribution in [1.29, 1.82) is 0 Å². The SMILES string of the molecule is Cc1ccc(CCc2ccccc2OCCC2CCCN2C)cc1.Cl. The predicted molar refractivity (Wildman–Crippen MR) is 108 cm³/mol. The third-order valence-electron chi connectivity index (χ3n) is 5.16. The molecule has 1 aliphatic heterocycles. The third kappa shape index (κ3) is 5.76. The quantitative estimate of drug-likeness (QED) is 0.684. The molecule has 0 amide bonds. The number of hydrogen-bond donors (Lipinski definition) is 0. The molecule has 0 saturated carbocycles. The van der Waals surface area contributed by atoms with E-state index in [9.17, 15) is 0 Å². The van der Waals surface area contributed by atoms with Crippen LogP contribution in [0.3, 0.4) is 0 Å². The van der Waals surface area contributed by atoms with Gasteiger partial charge >= 0.3 is 0 Å². The van der Waals surface area contributed by atoms with Crippen LogP contribution in [0.1, 0.15) is 36.0 Å². The van der Waals surface area contributed by atoms with E-state index >= 15 is 0 Å². The normalized spacial score (nSPS) is 17.3. The van der Waals surface area contributed by atoms with Gasteiger partial charge < -0.3 is 9.64 Å². The molecule has 0 aromatic heterocycles. The highest BCUT2D eigenvalue weighted by Crippen LogP contribution is 2.22. The Kier molecular flexibility index (Phi) is 7.80. The van der Waals surface area contributed by atoms with Crippen molar-refractivity contribution in [2.75, 3.05) is 20.2 Å². The van der Waals surface area contributed by atoms with Gasteiger partial charge in [0.1, 0.15) is 5.75 Å². The molecule has 25 heavy (non-hydrogen) atoms. The molecule has 1 unspecified atom stereocenters. The fraction of sp³-hybridized carbons (Fsp3) is 0.455. The highest BCUT2D eigenvalue weighted by atomic mass is 35.5. The molecule has 136 valence electrons. The molecule has 3 rings (SSSR count). The van der Waals surface area contributed by atoms with E-state index < -0.39 is 0 Å². The minimum atomic E-state index is 0. The molecular formula is C22H30ClNO. The summed E-state index contributed by atoms with van der Waals surface area (Å²) in [6, 6.07) is 18.0. The van der Waals surface area contributed by atoms with Crippen LogP contribution in [-0.2, 0) is 12.8 Å². The Labute approximate surface area is 158 Å². The van der Waals surface area contributed by atoms with Crippen LogP contribution in [0.2, 0.25) is 0 Å². The number of aryl methyl sites for hydroxylation is 3. The van der Waals surface area contributed by atoms with Crippen LogP contribution in [0.15, 0.2) is 48.5 Å². The molecule has 3 heteroatoms. The van der Waals surface area contributed by atoms with Crippen LogP contribution < -0.4 is 4.74 Å². The van der Waals surface area contributed by atoms with E-state index in [1.807, 2.05) is 0 Å². The van der Waals surface area contributed by atoms with E-state index in [1.165, 1.54) is 36.1 Å². The lowest BCUT2D eigenvalue weighted by atomic mass is 10.0. The second-order valence-electron chi connectivity index (χ2n) is 7.01. The first-order valence-electron chi connectivity index (χ1n) is 9.19. The van der Waals surface area contributed by atoms with E-state index in [0.717, 1.165) is 31.6 Å². The lowest BCUT2D eigenvalue weighted by molar-refractivity contribution is 0.232. The van der Waals surface area contributed by atoms with E-state index in [2.05, 4.69) is 67.4 Å². The van der Waals surface area contributed by atoms with Crippen LogP contribution in [0.4, 0.5) is 0 Å². The lowest BCUT2D eigenvalue weighted by Gasteiger charge is -2.20. The van der Waals surface area contributed by atoms with E-state index in [4.69, 9.17) is 4.74 Å². The van der Waals surface area contributed by atoms with Gasteiger partial charge in [-0.05, 0) is 69.8 Å².